The van der Waals surface area contributed by atoms with Gasteiger partial charge < -0.3 is 10.2 Å². The molecule has 0 aliphatic carbocycles. The number of aromatic nitrogens is 1. The average molecular weight is 247 g/mol. The third-order valence-electron chi connectivity index (χ3n) is 3.76. The summed E-state index contributed by atoms with van der Waals surface area (Å²) in [7, 11) is 0. The highest BCUT2D eigenvalue weighted by molar-refractivity contribution is 5.09. The second kappa shape index (κ2) is 7.49. The molecule has 0 amide bonds. The fraction of sp³-hybridized carbons (Fsp3) is 0.667. The minimum Gasteiger partial charge on any atom is -0.310 e. The lowest BCUT2D eigenvalue weighted by molar-refractivity contribution is 0.195. The quantitative estimate of drug-likeness (QED) is 0.837. The van der Waals surface area contributed by atoms with Crippen LogP contribution in [0.2, 0.25) is 0 Å². The van der Waals surface area contributed by atoms with Gasteiger partial charge in [0, 0.05) is 25.0 Å². The Hall–Kier alpha value is -0.930. The van der Waals surface area contributed by atoms with Gasteiger partial charge in [-0.2, -0.15) is 0 Å². The van der Waals surface area contributed by atoms with E-state index in [0.717, 1.165) is 6.54 Å². The minimum atomic E-state index is 0.691. The van der Waals surface area contributed by atoms with Gasteiger partial charge in [0.2, 0.25) is 0 Å². The Morgan fingerprint density at radius 3 is 2.67 bits per heavy atom. The standard InChI is InChI=1S/C15H25N3/c1-2-3-10-18-11-6-15(7-12-18)17-13-14-4-8-16-9-5-14/h4-5,8-9,15,17H,2-3,6-7,10-13H2,1H3. The Balaban J connectivity index is 1.65. The first-order valence-electron chi connectivity index (χ1n) is 7.23. The van der Waals surface area contributed by atoms with E-state index < -0.39 is 0 Å². The Labute approximate surface area is 111 Å². The molecule has 1 fully saturated rings. The summed E-state index contributed by atoms with van der Waals surface area (Å²) in [6, 6.07) is 4.86. The molecule has 1 aliphatic rings. The lowest BCUT2D eigenvalue weighted by Crippen LogP contribution is -2.42. The maximum atomic E-state index is 4.04. The Morgan fingerprint density at radius 1 is 1.28 bits per heavy atom. The summed E-state index contributed by atoms with van der Waals surface area (Å²) in [5, 5.41) is 3.66. The first kappa shape index (κ1) is 13.5. The zero-order valence-corrected chi connectivity index (χ0v) is 11.4. The maximum absolute atomic E-state index is 4.04. The summed E-state index contributed by atoms with van der Waals surface area (Å²) in [6.07, 6.45) is 8.95. The molecule has 0 saturated carbocycles. The highest BCUT2D eigenvalue weighted by atomic mass is 15.1. The molecule has 2 rings (SSSR count). The van der Waals surface area contributed by atoms with E-state index in [9.17, 15) is 0 Å². The minimum absolute atomic E-state index is 0.691. The van der Waals surface area contributed by atoms with E-state index in [1.807, 2.05) is 12.4 Å². The van der Waals surface area contributed by atoms with Gasteiger partial charge in [0.05, 0.1) is 0 Å². The van der Waals surface area contributed by atoms with Crippen LogP contribution in [-0.4, -0.2) is 35.6 Å². The number of nitrogens with one attached hydrogen (secondary N) is 1. The fourth-order valence-electron chi connectivity index (χ4n) is 2.51. The zero-order chi connectivity index (χ0) is 12.6. The number of hydrogen-bond donors (Lipinski definition) is 1. The molecule has 3 heteroatoms. The van der Waals surface area contributed by atoms with Crippen molar-refractivity contribution in [2.24, 2.45) is 0 Å². The number of nitrogens with zero attached hydrogens (tertiary/aromatic N) is 2. The Morgan fingerprint density at radius 2 is 2.00 bits per heavy atom. The molecule has 0 spiro atoms. The van der Waals surface area contributed by atoms with E-state index in [2.05, 4.69) is 34.3 Å². The average Bonchev–Trinajstić information content (AvgIpc) is 2.45. The molecular formula is C15H25N3. The van der Waals surface area contributed by atoms with Crippen molar-refractivity contribution in [1.82, 2.24) is 15.2 Å². The second-order valence-electron chi connectivity index (χ2n) is 5.21. The lowest BCUT2D eigenvalue weighted by Gasteiger charge is -2.32. The number of hydrogen-bond acceptors (Lipinski definition) is 3. The summed E-state index contributed by atoms with van der Waals surface area (Å²) < 4.78 is 0. The smallest absolute Gasteiger partial charge is 0.0271 e. The Bertz CT molecular complexity index is 318. The molecule has 3 nitrogen and oxygen atoms in total. The zero-order valence-electron chi connectivity index (χ0n) is 11.4. The summed E-state index contributed by atoms with van der Waals surface area (Å²) in [6.45, 7) is 7.04. The van der Waals surface area contributed by atoms with Crippen LogP contribution < -0.4 is 5.32 Å². The van der Waals surface area contributed by atoms with Gasteiger partial charge in [-0.3, -0.25) is 4.98 Å². The molecule has 1 aromatic heterocycles. The van der Waals surface area contributed by atoms with Crippen LogP contribution in [0.5, 0.6) is 0 Å². The normalized spacial score (nSPS) is 18.1. The molecular weight excluding hydrogens is 222 g/mol. The topological polar surface area (TPSA) is 28.2 Å². The van der Waals surface area contributed by atoms with E-state index in [1.165, 1.54) is 50.9 Å². The van der Waals surface area contributed by atoms with Gasteiger partial charge in [-0.05, 0) is 56.6 Å². The van der Waals surface area contributed by atoms with Crippen molar-refractivity contribution in [3.63, 3.8) is 0 Å². The van der Waals surface area contributed by atoms with Crippen molar-refractivity contribution in [3.8, 4) is 0 Å². The molecule has 1 N–H and O–H groups in total. The molecule has 0 unspecified atom stereocenters. The number of unbranched alkanes of at least 4 members (excludes halogenated alkanes) is 1. The van der Waals surface area contributed by atoms with Crippen molar-refractivity contribution < 1.29 is 0 Å². The molecule has 0 bridgehead atoms. The lowest BCUT2D eigenvalue weighted by atomic mass is 10.0. The molecule has 18 heavy (non-hydrogen) atoms. The first-order valence-corrected chi connectivity index (χ1v) is 7.23. The maximum Gasteiger partial charge on any atom is 0.0271 e. The van der Waals surface area contributed by atoms with Crippen LogP contribution in [0.4, 0.5) is 0 Å². The van der Waals surface area contributed by atoms with E-state index in [-0.39, 0.29) is 0 Å². The van der Waals surface area contributed by atoms with E-state index in [1.54, 1.807) is 0 Å². The van der Waals surface area contributed by atoms with Crippen molar-refractivity contribution >= 4 is 0 Å². The third-order valence-corrected chi connectivity index (χ3v) is 3.76. The van der Waals surface area contributed by atoms with Crippen LogP contribution in [0.15, 0.2) is 24.5 Å². The molecule has 1 aliphatic heterocycles. The van der Waals surface area contributed by atoms with Gasteiger partial charge in [0.1, 0.15) is 0 Å². The number of piperidine rings is 1. The van der Waals surface area contributed by atoms with Crippen molar-refractivity contribution in [3.05, 3.63) is 30.1 Å². The van der Waals surface area contributed by atoms with Gasteiger partial charge in [-0.1, -0.05) is 13.3 Å². The van der Waals surface area contributed by atoms with Gasteiger partial charge in [0.15, 0.2) is 0 Å². The number of pyridine rings is 1. The van der Waals surface area contributed by atoms with Crippen molar-refractivity contribution in [2.75, 3.05) is 19.6 Å². The molecule has 0 atom stereocenters. The van der Waals surface area contributed by atoms with Crippen LogP contribution >= 0.6 is 0 Å². The predicted molar refractivity (Wildman–Crippen MR) is 75.4 cm³/mol. The molecule has 1 saturated heterocycles. The van der Waals surface area contributed by atoms with Crippen LogP contribution in [0, 0.1) is 0 Å². The molecule has 100 valence electrons. The first-order chi connectivity index (χ1) is 8.88. The summed E-state index contributed by atoms with van der Waals surface area (Å²) in [5.41, 5.74) is 1.33. The predicted octanol–water partition coefficient (Wildman–Crippen LogP) is 2.44. The molecule has 1 aromatic rings. The summed E-state index contributed by atoms with van der Waals surface area (Å²) in [5.74, 6) is 0. The van der Waals surface area contributed by atoms with Crippen LogP contribution in [0.25, 0.3) is 0 Å². The summed E-state index contributed by atoms with van der Waals surface area (Å²) >= 11 is 0. The molecule has 2 heterocycles. The molecule has 0 aromatic carbocycles. The van der Waals surface area contributed by atoms with E-state index >= 15 is 0 Å². The highest BCUT2D eigenvalue weighted by Crippen LogP contribution is 2.11. The Kier molecular flexibility index (Phi) is 5.62. The van der Waals surface area contributed by atoms with Gasteiger partial charge in [0.25, 0.3) is 0 Å². The monoisotopic (exact) mass is 247 g/mol. The van der Waals surface area contributed by atoms with E-state index in [4.69, 9.17) is 0 Å². The van der Waals surface area contributed by atoms with E-state index in [0.29, 0.717) is 6.04 Å². The van der Waals surface area contributed by atoms with Crippen LogP contribution in [0.1, 0.15) is 38.2 Å². The number of likely N-dealkylation sites (tertiary alicyclic amines) is 1. The largest absolute Gasteiger partial charge is 0.310 e. The fourth-order valence-corrected chi connectivity index (χ4v) is 2.51. The number of rotatable bonds is 6. The van der Waals surface area contributed by atoms with Crippen molar-refractivity contribution in [2.45, 2.75) is 45.2 Å². The third kappa shape index (κ3) is 4.39. The van der Waals surface area contributed by atoms with Crippen LogP contribution in [0.3, 0.4) is 0 Å². The van der Waals surface area contributed by atoms with Crippen LogP contribution in [-0.2, 0) is 6.54 Å². The summed E-state index contributed by atoms with van der Waals surface area (Å²) in [4.78, 5) is 6.65. The van der Waals surface area contributed by atoms with Crippen molar-refractivity contribution in [1.29, 1.82) is 0 Å². The molecule has 0 radical (unpaired) electrons. The van der Waals surface area contributed by atoms with Gasteiger partial charge in [-0.25, -0.2) is 0 Å². The van der Waals surface area contributed by atoms with Gasteiger partial charge in [-0.15, -0.1) is 0 Å². The second-order valence-corrected chi connectivity index (χ2v) is 5.21. The highest BCUT2D eigenvalue weighted by Gasteiger charge is 2.17. The van der Waals surface area contributed by atoms with Gasteiger partial charge >= 0.3 is 0 Å². The SMILES string of the molecule is CCCCN1CCC(NCc2ccncc2)CC1.